The van der Waals surface area contributed by atoms with Crippen LogP contribution < -0.4 is 11.1 Å². The molecule has 0 spiro atoms. The van der Waals surface area contributed by atoms with E-state index in [-0.39, 0.29) is 5.91 Å². The summed E-state index contributed by atoms with van der Waals surface area (Å²) in [6.07, 6.45) is 0. The normalized spacial score (nSPS) is 10.3. The van der Waals surface area contributed by atoms with Crippen molar-refractivity contribution in [1.82, 2.24) is 0 Å². The number of para-hydroxylation sites is 1. The summed E-state index contributed by atoms with van der Waals surface area (Å²) in [6.45, 7) is 3.82. The lowest BCUT2D eigenvalue weighted by Crippen LogP contribution is -2.15. The monoisotopic (exact) mass is 318 g/mol. The third-order valence-corrected chi connectivity index (χ3v) is 3.48. The Bertz CT molecular complexity index is 618. The summed E-state index contributed by atoms with van der Waals surface area (Å²) < 4.78 is 0.876. The maximum absolute atomic E-state index is 12.3. The Balaban J connectivity index is 2.34. The van der Waals surface area contributed by atoms with Crippen molar-refractivity contribution in [2.24, 2.45) is 0 Å². The van der Waals surface area contributed by atoms with Gasteiger partial charge in [0.1, 0.15) is 0 Å². The number of halogens is 1. The van der Waals surface area contributed by atoms with Crippen molar-refractivity contribution >= 4 is 33.2 Å². The van der Waals surface area contributed by atoms with E-state index >= 15 is 0 Å². The van der Waals surface area contributed by atoms with Gasteiger partial charge >= 0.3 is 0 Å². The molecule has 0 aliphatic rings. The van der Waals surface area contributed by atoms with E-state index in [9.17, 15) is 4.79 Å². The zero-order valence-electron chi connectivity index (χ0n) is 10.8. The second-order valence-corrected chi connectivity index (χ2v) is 5.37. The average molecular weight is 319 g/mol. The smallest absolute Gasteiger partial charge is 0.256 e. The van der Waals surface area contributed by atoms with E-state index in [1.54, 1.807) is 12.1 Å². The predicted molar refractivity (Wildman–Crippen MR) is 82.4 cm³/mol. The number of benzene rings is 2. The molecule has 2 aromatic rings. The van der Waals surface area contributed by atoms with E-state index < -0.39 is 0 Å². The van der Waals surface area contributed by atoms with Crippen LogP contribution in [0.1, 0.15) is 21.5 Å². The lowest BCUT2D eigenvalue weighted by Gasteiger charge is -2.12. The second-order valence-electron chi connectivity index (χ2n) is 4.45. The van der Waals surface area contributed by atoms with Crippen molar-refractivity contribution in [3.63, 3.8) is 0 Å². The van der Waals surface area contributed by atoms with E-state index in [2.05, 4.69) is 21.2 Å². The number of hydrogen-bond donors (Lipinski definition) is 2. The van der Waals surface area contributed by atoms with Crippen LogP contribution in [0.4, 0.5) is 11.4 Å². The van der Waals surface area contributed by atoms with Gasteiger partial charge in [0.05, 0.1) is 11.4 Å². The number of amides is 1. The van der Waals surface area contributed by atoms with Crippen LogP contribution in [0.5, 0.6) is 0 Å². The van der Waals surface area contributed by atoms with Crippen molar-refractivity contribution < 1.29 is 4.79 Å². The number of nitrogens with one attached hydrogen (secondary N) is 1. The topological polar surface area (TPSA) is 55.1 Å². The molecule has 0 saturated carbocycles. The van der Waals surface area contributed by atoms with Gasteiger partial charge in [-0.3, -0.25) is 4.79 Å². The lowest BCUT2D eigenvalue weighted by molar-refractivity contribution is 0.102. The molecule has 0 bridgehead atoms. The van der Waals surface area contributed by atoms with Gasteiger partial charge in [0.25, 0.3) is 5.91 Å². The van der Waals surface area contributed by atoms with Gasteiger partial charge in [0, 0.05) is 10.0 Å². The van der Waals surface area contributed by atoms with Crippen LogP contribution in [0.2, 0.25) is 0 Å². The van der Waals surface area contributed by atoms with Gasteiger partial charge in [-0.1, -0.05) is 34.1 Å². The summed E-state index contributed by atoms with van der Waals surface area (Å²) in [5.41, 5.74) is 9.64. The van der Waals surface area contributed by atoms with Gasteiger partial charge in [0.2, 0.25) is 0 Å². The fourth-order valence-corrected chi connectivity index (χ4v) is 2.24. The van der Waals surface area contributed by atoms with E-state index in [4.69, 9.17) is 5.73 Å². The molecule has 0 saturated heterocycles. The lowest BCUT2D eigenvalue weighted by atomic mass is 10.1. The standard InChI is InChI=1S/C15H15BrN2O/c1-9-6-7-11(16)8-12(9)15(19)18-14-10(2)4-3-5-13(14)17/h3-8H,17H2,1-2H3,(H,18,19). The minimum absolute atomic E-state index is 0.153. The van der Waals surface area contributed by atoms with Crippen LogP contribution in [-0.2, 0) is 0 Å². The molecular weight excluding hydrogens is 304 g/mol. The molecule has 0 radical (unpaired) electrons. The van der Waals surface area contributed by atoms with Crippen molar-refractivity contribution in [3.05, 3.63) is 57.6 Å². The SMILES string of the molecule is Cc1ccc(Br)cc1C(=O)Nc1c(C)cccc1N. The number of rotatable bonds is 2. The largest absolute Gasteiger partial charge is 0.397 e. The van der Waals surface area contributed by atoms with Crippen LogP contribution >= 0.6 is 15.9 Å². The number of anilines is 2. The molecule has 2 aromatic carbocycles. The van der Waals surface area contributed by atoms with Gasteiger partial charge in [-0.2, -0.15) is 0 Å². The van der Waals surface area contributed by atoms with Crippen molar-refractivity contribution in [1.29, 1.82) is 0 Å². The molecule has 0 fully saturated rings. The highest BCUT2D eigenvalue weighted by molar-refractivity contribution is 9.10. The molecule has 3 nitrogen and oxygen atoms in total. The van der Waals surface area contributed by atoms with E-state index in [1.165, 1.54) is 0 Å². The molecule has 2 rings (SSSR count). The van der Waals surface area contributed by atoms with E-state index in [0.29, 0.717) is 16.9 Å². The number of aryl methyl sites for hydroxylation is 2. The molecule has 19 heavy (non-hydrogen) atoms. The zero-order valence-corrected chi connectivity index (χ0v) is 12.4. The average Bonchev–Trinajstić information content (AvgIpc) is 2.37. The van der Waals surface area contributed by atoms with E-state index in [1.807, 2.05) is 38.1 Å². The van der Waals surface area contributed by atoms with Gasteiger partial charge < -0.3 is 11.1 Å². The third-order valence-electron chi connectivity index (χ3n) is 2.99. The van der Waals surface area contributed by atoms with Crippen molar-refractivity contribution in [2.45, 2.75) is 13.8 Å². The number of hydrogen-bond acceptors (Lipinski definition) is 2. The highest BCUT2D eigenvalue weighted by atomic mass is 79.9. The number of nitrogen functional groups attached to an aromatic ring is 1. The van der Waals surface area contributed by atoms with Crippen LogP contribution in [0.25, 0.3) is 0 Å². The zero-order chi connectivity index (χ0) is 14.0. The molecule has 0 atom stereocenters. The number of carbonyl (C=O) groups is 1. The third kappa shape index (κ3) is 2.96. The molecule has 0 unspecified atom stereocenters. The summed E-state index contributed by atoms with van der Waals surface area (Å²) in [5.74, 6) is -0.153. The Morgan fingerprint density at radius 2 is 1.89 bits per heavy atom. The molecule has 98 valence electrons. The van der Waals surface area contributed by atoms with Gasteiger partial charge in [0.15, 0.2) is 0 Å². The van der Waals surface area contributed by atoms with E-state index in [0.717, 1.165) is 15.6 Å². The molecule has 0 heterocycles. The van der Waals surface area contributed by atoms with Gasteiger partial charge in [-0.05, 0) is 43.2 Å². The van der Waals surface area contributed by atoms with Crippen LogP contribution in [0.15, 0.2) is 40.9 Å². The van der Waals surface area contributed by atoms with Crippen LogP contribution in [-0.4, -0.2) is 5.91 Å². The summed E-state index contributed by atoms with van der Waals surface area (Å²) >= 11 is 3.37. The fourth-order valence-electron chi connectivity index (χ4n) is 1.88. The first-order valence-corrected chi connectivity index (χ1v) is 6.71. The predicted octanol–water partition coefficient (Wildman–Crippen LogP) is 3.90. The maximum Gasteiger partial charge on any atom is 0.256 e. The molecule has 1 amide bonds. The van der Waals surface area contributed by atoms with Gasteiger partial charge in [-0.25, -0.2) is 0 Å². The Kier molecular flexibility index (Phi) is 3.90. The summed E-state index contributed by atoms with van der Waals surface area (Å²) in [4.78, 5) is 12.3. The Morgan fingerprint density at radius 3 is 2.58 bits per heavy atom. The number of carbonyl (C=O) groups excluding carboxylic acids is 1. The van der Waals surface area contributed by atoms with Crippen molar-refractivity contribution in [3.8, 4) is 0 Å². The highest BCUT2D eigenvalue weighted by Crippen LogP contribution is 2.24. The number of nitrogens with two attached hydrogens (primary N) is 1. The van der Waals surface area contributed by atoms with Crippen molar-refractivity contribution in [2.75, 3.05) is 11.1 Å². The summed E-state index contributed by atoms with van der Waals surface area (Å²) in [7, 11) is 0. The molecular formula is C15H15BrN2O. The quantitative estimate of drug-likeness (QED) is 0.825. The van der Waals surface area contributed by atoms with Crippen LogP contribution in [0, 0.1) is 13.8 Å². The Hall–Kier alpha value is -1.81. The molecule has 4 heteroatoms. The molecule has 3 N–H and O–H groups in total. The highest BCUT2D eigenvalue weighted by Gasteiger charge is 2.12. The Morgan fingerprint density at radius 1 is 1.16 bits per heavy atom. The first-order chi connectivity index (χ1) is 8.99. The maximum atomic E-state index is 12.3. The summed E-state index contributed by atoms with van der Waals surface area (Å²) in [5, 5.41) is 2.88. The van der Waals surface area contributed by atoms with Crippen LogP contribution in [0.3, 0.4) is 0 Å². The van der Waals surface area contributed by atoms with Gasteiger partial charge in [-0.15, -0.1) is 0 Å². The minimum atomic E-state index is -0.153. The second kappa shape index (κ2) is 5.45. The Labute approximate surface area is 121 Å². The first-order valence-electron chi connectivity index (χ1n) is 5.91. The molecule has 0 aliphatic heterocycles. The minimum Gasteiger partial charge on any atom is -0.397 e. The molecule has 0 aliphatic carbocycles. The fraction of sp³-hybridized carbons (Fsp3) is 0.133. The molecule has 0 aromatic heterocycles. The summed E-state index contributed by atoms with van der Waals surface area (Å²) in [6, 6.07) is 11.2. The first kappa shape index (κ1) is 13.6.